The van der Waals surface area contributed by atoms with Crippen molar-refractivity contribution < 1.29 is 19.1 Å². The van der Waals surface area contributed by atoms with Crippen molar-refractivity contribution in [3.05, 3.63) is 23.8 Å². The molecule has 0 saturated heterocycles. The van der Waals surface area contributed by atoms with E-state index in [1.165, 1.54) is 25.7 Å². The first kappa shape index (κ1) is 26.8. The van der Waals surface area contributed by atoms with Gasteiger partial charge >= 0.3 is 12.2 Å². The van der Waals surface area contributed by atoms with E-state index < -0.39 is 12.2 Å². The summed E-state index contributed by atoms with van der Waals surface area (Å²) in [6.45, 7) is 10.1. The van der Waals surface area contributed by atoms with Crippen molar-refractivity contribution in [2.75, 3.05) is 10.6 Å². The molecule has 0 spiro atoms. The summed E-state index contributed by atoms with van der Waals surface area (Å²) in [5.74, 6) is 0. The number of aryl methyl sites for hydroxylation is 1. The largest absolute Gasteiger partial charge is 0.446 e. The van der Waals surface area contributed by atoms with E-state index in [4.69, 9.17) is 9.47 Å². The SMILES string of the molecule is CCCCCCC(C)OC(=O)Nc1ccc(C)c(NC(=O)OC(C)CCCCCC)c1. The van der Waals surface area contributed by atoms with E-state index in [1.54, 1.807) is 12.1 Å². The van der Waals surface area contributed by atoms with Gasteiger partial charge in [0.1, 0.15) is 12.2 Å². The summed E-state index contributed by atoms with van der Waals surface area (Å²) in [6, 6.07) is 5.35. The van der Waals surface area contributed by atoms with E-state index in [0.29, 0.717) is 11.4 Å². The zero-order valence-electron chi connectivity index (χ0n) is 20.1. The second kappa shape index (κ2) is 15.5. The number of carbonyl (C=O) groups excluding carboxylic acids is 2. The van der Waals surface area contributed by atoms with Gasteiger partial charge in [0.15, 0.2) is 0 Å². The smallest absolute Gasteiger partial charge is 0.411 e. The monoisotopic (exact) mass is 434 g/mol. The van der Waals surface area contributed by atoms with Crippen molar-refractivity contribution in [3.63, 3.8) is 0 Å². The lowest BCUT2D eigenvalue weighted by Gasteiger charge is -2.16. The molecule has 0 radical (unpaired) electrons. The summed E-state index contributed by atoms with van der Waals surface area (Å²) in [4.78, 5) is 24.4. The van der Waals surface area contributed by atoms with Crippen LogP contribution in [0.1, 0.15) is 97.5 Å². The van der Waals surface area contributed by atoms with E-state index >= 15 is 0 Å². The summed E-state index contributed by atoms with van der Waals surface area (Å²) in [6.07, 6.45) is 9.70. The molecule has 1 aromatic rings. The van der Waals surface area contributed by atoms with Crippen LogP contribution in [0.2, 0.25) is 0 Å². The van der Waals surface area contributed by atoms with Crippen LogP contribution in [0.3, 0.4) is 0 Å². The Balaban J connectivity index is 2.49. The number of nitrogens with one attached hydrogen (secondary N) is 2. The zero-order valence-corrected chi connectivity index (χ0v) is 20.1. The molecule has 6 heteroatoms. The van der Waals surface area contributed by atoms with Crippen molar-refractivity contribution in [3.8, 4) is 0 Å². The molecule has 0 aliphatic rings. The maximum absolute atomic E-state index is 12.2. The lowest BCUT2D eigenvalue weighted by Crippen LogP contribution is -2.21. The van der Waals surface area contributed by atoms with Crippen molar-refractivity contribution >= 4 is 23.6 Å². The van der Waals surface area contributed by atoms with Gasteiger partial charge in [0.2, 0.25) is 0 Å². The van der Waals surface area contributed by atoms with Crippen LogP contribution in [-0.4, -0.2) is 24.4 Å². The molecule has 2 atom stereocenters. The zero-order chi connectivity index (χ0) is 23.1. The van der Waals surface area contributed by atoms with Gasteiger partial charge in [-0.15, -0.1) is 0 Å². The Bertz CT molecular complexity index is 663. The van der Waals surface area contributed by atoms with Gasteiger partial charge in [0.25, 0.3) is 0 Å². The number of carbonyl (C=O) groups is 2. The fraction of sp³-hybridized carbons (Fsp3) is 0.680. The van der Waals surface area contributed by atoms with Gasteiger partial charge in [0.05, 0.1) is 0 Å². The molecule has 0 aliphatic heterocycles. The van der Waals surface area contributed by atoms with Crippen molar-refractivity contribution in [1.82, 2.24) is 0 Å². The van der Waals surface area contributed by atoms with Crippen molar-refractivity contribution in [2.45, 2.75) is 111 Å². The van der Waals surface area contributed by atoms with Crippen LogP contribution >= 0.6 is 0 Å². The van der Waals surface area contributed by atoms with Gasteiger partial charge in [0, 0.05) is 11.4 Å². The Morgan fingerprint density at radius 1 is 0.806 bits per heavy atom. The van der Waals surface area contributed by atoms with Crippen LogP contribution in [0.5, 0.6) is 0 Å². The van der Waals surface area contributed by atoms with Crippen LogP contribution < -0.4 is 10.6 Å². The number of amides is 2. The Morgan fingerprint density at radius 3 is 1.84 bits per heavy atom. The summed E-state index contributed by atoms with van der Waals surface area (Å²) in [7, 11) is 0. The van der Waals surface area contributed by atoms with Crippen LogP contribution in [0.25, 0.3) is 0 Å². The minimum Gasteiger partial charge on any atom is -0.446 e. The van der Waals surface area contributed by atoms with Gasteiger partial charge < -0.3 is 9.47 Å². The number of anilines is 2. The van der Waals surface area contributed by atoms with E-state index in [9.17, 15) is 9.59 Å². The Labute approximate surface area is 188 Å². The van der Waals surface area contributed by atoms with E-state index in [2.05, 4.69) is 24.5 Å². The van der Waals surface area contributed by atoms with Gasteiger partial charge in [-0.05, 0) is 64.2 Å². The highest BCUT2D eigenvalue weighted by atomic mass is 16.6. The molecular formula is C25H42N2O4. The molecule has 1 rings (SSSR count). The van der Waals surface area contributed by atoms with Crippen LogP contribution in [-0.2, 0) is 9.47 Å². The standard InChI is InChI=1S/C25H42N2O4/c1-6-8-10-12-14-20(4)30-24(28)26-22-17-16-19(3)23(18-22)27-25(29)31-21(5)15-13-11-9-7-2/h16-18,20-21H,6-15H2,1-5H3,(H,26,28)(H,27,29). The van der Waals surface area contributed by atoms with Crippen molar-refractivity contribution in [1.29, 1.82) is 0 Å². The van der Waals surface area contributed by atoms with Gasteiger partial charge in [-0.2, -0.15) is 0 Å². The third-order valence-electron chi connectivity index (χ3n) is 5.27. The molecule has 2 amide bonds. The Hall–Kier alpha value is -2.24. The van der Waals surface area contributed by atoms with Gasteiger partial charge in [-0.3, -0.25) is 10.6 Å². The predicted octanol–water partition coefficient (Wildman–Crippen LogP) is 7.81. The highest BCUT2D eigenvalue weighted by Gasteiger charge is 2.13. The van der Waals surface area contributed by atoms with Crippen LogP contribution in [0, 0.1) is 6.92 Å². The molecule has 31 heavy (non-hydrogen) atoms. The summed E-state index contributed by atoms with van der Waals surface area (Å²) in [5.41, 5.74) is 2.06. The van der Waals surface area contributed by atoms with Crippen LogP contribution in [0.4, 0.5) is 21.0 Å². The molecule has 6 nitrogen and oxygen atoms in total. The molecular weight excluding hydrogens is 392 g/mol. The third kappa shape index (κ3) is 12.3. The molecule has 0 saturated carbocycles. The Kier molecular flexibility index (Phi) is 13.4. The first-order chi connectivity index (χ1) is 14.8. The van der Waals surface area contributed by atoms with E-state index in [-0.39, 0.29) is 12.2 Å². The average molecular weight is 435 g/mol. The fourth-order valence-corrected chi connectivity index (χ4v) is 3.32. The predicted molar refractivity (Wildman–Crippen MR) is 128 cm³/mol. The summed E-state index contributed by atoms with van der Waals surface area (Å²) < 4.78 is 10.9. The van der Waals surface area contributed by atoms with Crippen LogP contribution in [0.15, 0.2) is 18.2 Å². The number of ether oxygens (including phenoxy) is 2. The van der Waals surface area contributed by atoms with Crippen molar-refractivity contribution in [2.24, 2.45) is 0 Å². The normalized spacial score (nSPS) is 12.7. The number of hydrogen-bond donors (Lipinski definition) is 2. The second-order valence-electron chi connectivity index (χ2n) is 8.41. The number of rotatable bonds is 14. The first-order valence-corrected chi connectivity index (χ1v) is 11.9. The Morgan fingerprint density at radius 2 is 1.32 bits per heavy atom. The van der Waals surface area contributed by atoms with E-state index in [0.717, 1.165) is 44.1 Å². The molecule has 0 fully saturated rings. The maximum Gasteiger partial charge on any atom is 0.411 e. The highest BCUT2D eigenvalue weighted by Crippen LogP contribution is 2.21. The number of unbranched alkanes of at least 4 members (excludes halogenated alkanes) is 6. The molecule has 176 valence electrons. The molecule has 0 heterocycles. The molecule has 2 N–H and O–H groups in total. The quantitative estimate of drug-likeness (QED) is 0.293. The topological polar surface area (TPSA) is 76.7 Å². The first-order valence-electron chi connectivity index (χ1n) is 11.9. The average Bonchev–Trinajstić information content (AvgIpc) is 2.71. The molecule has 0 aliphatic carbocycles. The maximum atomic E-state index is 12.2. The second-order valence-corrected chi connectivity index (χ2v) is 8.41. The third-order valence-corrected chi connectivity index (χ3v) is 5.27. The lowest BCUT2D eigenvalue weighted by molar-refractivity contribution is 0.113. The fourth-order valence-electron chi connectivity index (χ4n) is 3.32. The van der Waals surface area contributed by atoms with E-state index in [1.807, 2.05) is 26.8 Å². The summed E-state index contributed by atoms with van der Waals surface area (Å²) >= 11 is 0. The molecule has 0 aromatic heterocycles. The number of benzene rings is 1. The summed E-state index contributed by atoms with van der Waals surface area (Å²) in [5, 5.41) is 5.53. The molecule has 2 unspecified atom stereocenters. The lowest BCUT2D eigenvalue weighted by atomic mass is 10.1. The van der Waals surface area contributed by atoms with Gasteiger partial charge in [-0.25, -0.2) is 9.59 Å². The highest BCUT2D eigenvalue weighted by molar-refractivity contribution is 5.89. The minimum absolute atomic E-state index is 0.131. The molecule has 0 bridgehead atoms. The van der Waals surface area contributed by atoms with Gasteiger partial charge in [-0.1, -0.05) is 58.4 Å². The number of hydrogen-bond acceptors (Lipinski definition) is 4. The molecule has 1 aromatic carbocycles. The minimum atomic E-state index is -0.485.